The van der Waals surface area contributed by atoms with Gasteiger partial charge in [0, 0.05) is 12.7 Å². The highest BCUT2D eigenvalue weighted by atomic mass is 16.5. The molecule has 0 N–H and O–H groups in total. The second-order valence-electron chi connectivity index (χ2n) is 2.46. The van der Waals surface area contributed by atoms with Crippen LogP contribution in [0.4, 0.5) is 0 Å². The Balaban J connectivity index is 2.96. The van der Waals surface area contributed by atoms with Gasteiger partial charge in [-0.15, -0.1) is 0 Å². The molecule has 0 spiro atoms. The highest BCUT2D eigenvalue weighted by molar-refractivity contribution is 5.40. The topological polar surface area (TPSA) is 18.5 Å². The van der Waals surface area contributed by atoms with E-state index in [9.17, 15) is 0 Å². The lowest BCUT2D eigenvalue weighted by molar-refractivity contribution is 0.232. The SMILES string of the molecule is CO[C](C)c1ccccc1OC. The molecule has 65 valence electrons. The molecule has 1 aromatic rings. The van der Waals surface area contributed by atoms with Gasteiger partial charge in [0.05, 0.1) is 7.11 Å². The summed E-state index contributed by atoms with van der Waals surface area (Å²) < 4.78 is 10.3. The van der Waals surface area contributed by atoms with E-state index in [4.69, 9.17) is 9.47 Å². The number of benzene rings is 1. The van der Waals surface area contributed by atoms with E-state index in [0.29, 0.717) is 0 Å². The van der Waals surface area contributed by atoms with Crippen LogP contribution >= 0.6 is 0 Å². The Kier molecular flexibility index (Phi) is 3.11. The molecule has 2 heteroatoms. The van der Waals surface area contributed by atoms with Gasteiger partial charge in [-0.2, -0.15) is 0 Å². The maximum Gasteiger partial charge on any atom is 0.126 e. The van der Waals surface area contributed by atoms with Gasteiger partial charge >= 0.3 is 0 Å². The fraction of sp³-hybridized carbons (Fsp3) is 0.300. The minimum absolute atomic E-state index is 0.844. The molecule has 0 aromatic heterocycles. The second-order valence-corrected chi connectivity index (χ2v) is 2.46. The van der Waals surface area contributed by atoms with Crippen molar-refractivity contribution in [2.24, 2.45) is 0 Å². The first-order chi connectivity index (χ1) is 5.79. The van der Waals surface area contributed by atoms with Gasteiger partial charge in [-0.05, 0) is 13.0 Å². The maximum absolute atomic E-state index is 5.17. The van der Waals surface area contributed by atoms with Crippen molar-refractivity contribution in [3.05, 3.63) is 35.9 Å². The van der Waals surface area contributed by atoms with Gasteiger partial charge in [0.1, 0.15) is 11.9 Å². The molecule has 0 unspecified atom stereocenters. The average Bonchev–Trinajstić information content (AvgIpc) is 2.16. The molecular weight excluding hydrogens is 152 g/mol. The van der Waals surface area contributed by atoms with E-state index in [2.05, 4.69) is 0 Å². The molecule has 0 aliphatic heterocycles. The zero-order valence-corrected chi connectivity index (χ0v) is 7.63. The number of hydrogen-bond acceptors (Lipinski definition) is 2. The zero-order valence-electron chi connectivity index (χ0n) is 7.63. The minimum Gasteiger partial charge on any atom is -0.496 e. The molecule has 12 heavy (non-hydrogen) atoms. The largest absolute Gasteiger partial charge is 0.496 e. The van der Waals surface area contributed by atoms with Crippen LogP contribution in [0.1, 0.15) is 12.5 Å². The Morgan fingerprint density at radius 1 is 1.17 bits per heavy atom. The zero-order chi connectivity index (χ0) is 8.97. The predicted octanol–water partition coefficient (Wildman–Crippen LogP) is 2.24. The lowest BCUT2D eigenvalue weighted by Crippen LogP contribution is -1.99. The Labute approximate surface area is 73.1 Å². The summed E-state index contributed by atoms with van der Waals surface area (Å²) in [5.41, 5.74) is 1.00. The highest BCUT2D eigenvalue weighted by Crippen LogP contribution is 2.25. The minimum atomic E-state index is 0.844. The Morgan fingerprint density at radius 3 is 2.42 bits per heavy atom. The molecule has 0 bridgehead atoms. The summed E-state index contributed by atoms with van der Waals surface area (Å²) in [6.07, 6.45) is 0.868. The van der Waals surface area contributed by atoms with Crippen LogP contribution in [0.15, 0.2) is 24.3 Å². The Morgan fingerprint density at radius 2 is 1.83 bits per heavy atom. The van der Waals surface area contributed by atoms with Gasteiger partial charge in [-0.25, -0.2) is 0 Å². The van der Waals surface area contributed by atoms with Crippen molar-refractivity contribution in [1.82, 2.24) is 0 Å². The first-order valence-corrected chi connectivity index (χ1v) is 3.80. The van der Waals surface area contributed by atoms with E-state index in [1.165, 1.54) is 0 Å². The molecule has 0 atom stereocenters. The van der Waals surface area contributed by atoms with Gasteiger partial charge in [0.25, 0.3) is 0 Å². The third-order valence-corrected chi connectivity index (χ3v) is 1.79. The highest BCUT2D eigenvalue weighted by Gasteiger charge is 2.09. The monoisotopic (exact) mass is 165 g/mol. The second kappa shape index (κ2) is 4.12. The fourth-order valence-electron chi connectivity index (χ4n) is 1.05. The van der Waals surface area contributed by atoms with Crippen molar-refractivity contribution in [3.63, 3.8) is 0 Å². The molecule has 0 saturated carbocycles. The van der Waals surface area contributed by atoms with Crippen molar-refractivity contribution in [3.8, 4) is 5.75 Å². The quantitative estimate of drug-likeness (QED) is 0.683. The van der Waals surface area contributed by atoms with Crippen molar-refractivity contribution >= 4 is 0 Å². The number of rotatable bonds is 3. The van der Waals surface area contributed by atoms with Crippen LogP contribution in [0.25, 0.3) is 0 Å². The molecule has 0 heterocycles. The van der Waals surface area contributed by atoms with Crippen molar-refractivity contribution in [2.75, 3.05) is 14.2 Å². The summed E-state index contributed by atoms with van der Waals surface area (Å²) in [7, 11) is 3.31. The van der Waals surface area contributed by atoms with Crippen LogP contribution in [-0.2, 0) is 4.74 Å². The lowest BCUT2D eigenvalue weighted by atomic mass is 10.1. The number of ether oxygens (including phenoxy) is 2. The molecule has 0 aliphatic carbocycles. The van der Waals surface area contributed by atoms with E-state index in [0.717, 1.165) is 17.4 Å². The van der Waals surface area contributed by atoms with Crippen LogP contribution < -0.4 is 4.74 Å². The predicted molar refractivity (Wildman–Crippen MR) is 48.0 cm³/mol. The van der Waals surface area contributed by atoms with Crippen LogP contribution in [0, 0.1) is 6.10 Å². The fourth-order valence-corrected chi connectivity index (χ4v) is 1.05. The standard InChI is InChI=1S/C10H13O2/c1-8(11-2)9-6-4-5-7-10(9)12-3/h4-7H,1-3H3. The van der Waals surface area contributed by atoms with E-state index >= 15 is 0 Å². The molecule has 0 aliphatic rings. The van der Waals surface area contributed by atoms with Gasteiger partial charge < -0.3 is 9.47 Å². The van der Waals surface area contributed by atoms with Crippen LogP contribution in [0.3, 0.4) is 0 Å². The molecule has 0 amide bonds. The summed E-state index contributed by atoms with van der Waals surface area (Å²) in [6, 6.07) is 7.78. The van der Waals surface area contributed by atoms with Crippen LogP contribution in [0.2, 0.25) is 0 Å². The van der Waals surface area contributed by atoms with Crippen molar-refractivity contribution < 1.29 is 9.47 Å². The van der Waals surface area contributed by atoms with Crippen molar-refractivity contribution in [2.45, 2.75) is 6.92 Å². The van der Waals surface area contributed by atoms with Crippen LogP contribution in [-0.4, -0.2) is 14.2 Å². The smallest absolute Gasteiger partial charge is 0.126 e. The average molecular weight is 165 g/mol. The maximum atomic E-state index is 5.17. The van der Waals surface area contributed by atoms with Gasteiger partial charge in [-0.1, -0.05) is 18.2 Å². The molecule has 2 nitrogen and oxygen atoms in total. The van der Waals surface area contributed by atoms with Crippen LogP contribution in [0.5, 0.6) is 5.75 Å². The third kappa shape index (κ3) is 1.77. The number of hydrogen-bond donors (Lipinski definition) is 0. The van der Waals surface area contributed by atoms with Crippen molar-refractivity contribution in [1.29, 1.82) is 0 Å². The van der Waals surface area contributed by atoms with Gasteiger partial charge in [0.15, 0.2) is 0 Å². The molecule has 0 fully saturated rings. The Bertz CT molecular complexity index is 245. The third-order valence-electron chi connectivity index (χ3n) is 1.79. The van der Waals surface area contributed by atoms with E-state index in [-0.39, 0.29) is 0 Å². The summed E-state index contributed by atoms with van der Waals surface area (Å²) in [6.45, 7) is 1.91. The van der Waals surface area contributed by atoms with E-state index in [1.807, 2.05) is 31.2 Å². The summed E-state index contributed by atoms with van der Waals surface area (Å²) in [5.74, 6) is 0.844. The lowest BCUT2D eigenvalue weighted by Gasteiger charge is -2.12. The van der Waals surface area contributed by atoms with Gasteiger partial charge in [0.2, 0.25) is 0 Å². The summed E-state index contributed by atoms with van der Waals surface area (Å²) in [4.78, 5) is 0. The van der Waals surface area contributed by atoms with Gasteiger partial charge in [-0.3, -0.25) is 0 Å². The molecule has 1 rings (SSSR count). The summed E-state index contributed by atoms with van der Waals surface area (Å²) in [5, 5.41) is 0. The number of methoxy groups -OCH3 is 2. The van der Waals surface area contributed by atoms with E-state index in [1.54, 1.807) is 14.2 Å². The van der Waals surface area contributed by atoms with E-state index < -0.39 is 0 Å². The molecule has 1 radical (unpaired) electrons. The molecular formula is C10H13O2. The Hall–Kier alpha value is -1.02. The molecule has 1 aromatic carbocycles. The number of para-hydroxylation sites is 1. The molecule has 0 saturated heterocycles. The first kappa shape index (κ1) is 9.07. The normalized spacial score (nSPS) is 10.3. The first-order valence-electron chi connectivity index (χ1n) is 3.80. The summed E-state index contributed by atoms with van der Waals surface area (Å²) >= 11 is 0.